The van der Waals surface area contributed by atoms with Gasteiger partial charge in [0.05, 0.1) is 24.9 Å². The predicted octanol–water partition coefficient (Wildman–Crippen LogP) is 1.72. The Bertz CT molecular complexity index is 916. The van der Waals surface area contributed by atoms with Crippen LogP contribution in [0.25, 0.3) is 17.1 Å². The number of nitrogens with two attached hydrogens (primary N) is 1. The van der Waals surface area contributed by atoms with Gasteiger partial charge < -0.3 is 10.5 Å². The number of esters is 1. The minimum atomic E-state index is -0.264. The zero-order valence-corrected chi connectivity index (χ0v) is 14.2. The van der Waals surface area contributed by atoms with Crippen molar-refractivity contribution >= 4 is 11.8 Å². The number of hydrogen-bond acceptors (Lipinski definition) is 6. The summed E-state index contributed by atoms with van der Waals surface area (Å²) in [5.74, 6) is 0.395. The van der Waals surface area contributed by atoms with E-state index in [-0.39, 0.29) is 18.2 Å². The number of benzene rings is 1. The van der Waals surface area contributed by atoms with Crippen LogP contribution in [0.15, 0.2) is 48.9 Å². The molecule has 8 heteroatoms. The Morgan fingerprint density at radius 1 is 1.19 bits per heavy atom. The van der Waals surface area contributed by atoms with Crippen molar-refractivity contribution in [2.75, 3.05) is 7.11 Å². The molecule has 3 N–H and O–H groups in total. The van der Waals surface area contributed by atoms with Crippen LogP contribution in [0.5, 0.6) is 0 Å². The number of rotatable bonds is 6. The monoisotopic (exact) mass is 350 g/mol. The fourth-order valence-electron chi connectivity index (χ4n) is 2.39. The number of hydrogen-bond donors (Lipinski definition) is 2. The van der Waals surface area contributed by atoms with Crippen LogP contribution < -0.4 is 5.73 Å². The van der Waals surface area contributed by atoms with E-state index >= 15 is 0 Å². The lowest BCUT2D eigenvalue weighted by atomic mass is 10.1. The van der Waals surface area contributed by atoms with Gasteiger partial charge >= 0.3 is 5.97 Å². The van der Waals surface area contributed by atoms with Crippen LogP contribution in [0.1, 0.15) is 17.7 Å². The van der Waals surface area contributed by atoms with E-state index in [2.05, 4.69) is 19.9 Å². The highest BCUT2D eigenvalue weighted by atomic mass is 16.5. The van der Waals surface area contributed by atoms with Gasteiger partial charge in [0.25, 0.3) is 0 Å². The number of aromatic nitrogens is 4. The molecule has 2 aromatic heterocycles. The Morgan fingerprint density at radius 2 is 1.96 bits per heavy atom. The van der Waals surface area contributed by atoms with Gasteiger partial charge in [-0.15, -0.1) is 10.2 Å². The molecule has 1 aromatic carbocycles. The maximum atomic E-state index is 11.2. The normalized spacial score (nSPS) is 10.5. The minimum absolute atomic E-state index is 0.0288. The lowest BCUT2D eigenvalue weighted by Crippen LogP contribution is -2.10. The topological polar surface area (TPSA) is 120 Å². The molecule has 0 amide bonds. The first-order valence-electron chi connectivity index (χ1n) is 7.95. The van der Waals surface area contributed by atoms with Gasteiger partial charge in [-0.3, -0.25) is 14.8 Å². The summed E-state index contributed by atoms with van der Waals surface area (Å²) in [6, 6.07) is 10.9. The van der Waals surface area contributed by atoms with Crippen molar-refractivity contribution < 1.29 is 9.53 Å². The van der Waals surface area contributed by atoms with Gasteiger partial charge in [-0.05, 0) is 12.1 Å². The van der Waals surface area contributed by atoms with E-state index in [0.29, 0.717) is 17.8 Å². The van der Waals surface area contributed by atoms with Crippen LogP contribution in [-0.4, -0.2) is 38.7 Å². The zero-order valence-electron chi connectivity index (χ0n) is 14.2. The van der Waals surface area contributed by atoms with Crippen LogP contribution in [0, 0.1) is 5.41 Å². The summed E-state index contributed by atoms with van der Waals surface area (Å²) in [7, 11) is 1.37. The molecular formula is C18H18N6O2. The Balaban J connectivity index is 1.72. The number of nitrogen functional groups attached to an aromatic ring is 1. The Morgan fingerprint density at radius 3 is 2.58 bits per heavy atom. The average Bonchev–Trinajstić information content (AvgIpc) is 3.15. The van der Waals surface area contributed by atoms with Crippen molar-refractivity contribution in [3.05, 3.63) is 60.2 Å². The van der Waals surface area contributed by atoms with E-state index in [1.54, 1.807) is 23.0 Å². The molecule has 3 aromatic rings. The quantitative estimate of drug-likeness (QED) is 0.397. The molecule has 0 aliphatic rings. The molecule has 0 saturated carbocycles. The average molecular weight is 350 g/mol. The van der Waals surface area contributed by atoms with Crippen molar-refractivity contribution in [2.45, 2.75) is 12.8 Å². The van der Waals surface area contributed by atoms with Gasteiger partial charge in [-0.1, -0.05) is 24.3 Å². The Labute approximate surface area is 150 Å². The SMILES string of the molecule is COC(=O)CCc1cn(-c2ccc(-c3ccc(C(=N)N)cc3)nn2)cn1. The van der Waals surface area contributed by atoms with Crippen molar-refractivity contribution in [1.29, 1.82) is 5.41 Å². The molecule has 26 heavy (non-hydrogen) atoms. The molecular weight excluding hydrogens is 332 g/mol. The van der Waals surface area contributed by atoms with Gasteiger partial charge in [0.1, 0.15) is 12.2 Å². The number of ether oxygens (including phenoxy) is 1. The summed E-state index contributed by atoms with van der Waals surface area (Å²) in [5, 5.41) is 15.9. The molecule has 3 rings (SSSR count). The van der Waals surface area contributed by atoms with Crippen LogP contribution in [0.3, 0.4) is 0 Å². The largest absolute Gasteiger partial charge is 0.469 e. The molecule has 2 heterocycles. The number of carbonyl (C=O) groups is 1. The summed E-state index contributed by atoms with van der Waals surface area (Å²) in [6.07, 6.45) is 4.24. The number of nitrogens with zero attached hydrogens (tertiary/aromatic N) is 4. The zero-order chi connectivity index (χ0) is 18.5. The van der Waals surface area contributed by atoms with Gasteiger partial charge in [0.15, 0.2) is 5.82 Å². The van der Waals surface area contributed by atoms with Crippen LogP contribution in [0.4, 0.5) is 0 Å². The van der Waals surface area contributed by atoms with Crippen molar-refractivity contribution in [3.63, 3.8) is 0 Å². The van der Waals surface area contributed by atoms with Gasteiger partial charge in [-0.2, -0.15) is 0 Å². The van der Waals surface area contributed by atoms with Gasteiger partial charge in [-0.25, -0.2) is 4.98 Å². The molecule has 132 valence electrons. The van der Waals surface area contributed by atoms with Gasteiger partial charge in [0, 0.05) is 23.7 Å². The fourth-order valence-corrected chi connectivity index (χ4v) is 2.39. The number of carbonyl (C=O) groups excluding carboxylic acids is 1. The van der Waals surface area contributed by atoms with Crippen molar-refractivity contribution in [1.82, 2.24) is 19.7 Å². The lowest BCUT2D eigenvalue weighted by molar-refractivity contribution is -0.140. The summed E-state index contributed by atoms with van der Waals surface area (Å²) in [4.78, 5) is 15.5. The number of nitrogens with one attached hydrogen (secondary N) is 1. The first kappa shape index (κ1) is 17.3. The van der Waals surface area contributed by atoms with E-state index in [0.717, 1.165) is 17.0 Å². The molecule has 0 bridgehead atoms. The molecule has 0 unspecified atom stereocenters. The maximum Gasteiger partial charge on any atom is 0.305 e. The third kappa shape index (κ3) is 3.92. The highest BCUT2D eigenvalue weighted by molar-refractivity contribution is 5.95. The number of methoxy groups -OCH3 is 1. The second-order valence-electron chi connectivity index (χ2n) is 5.62. The molecule has 0 saturated heterocycles. The predicted molar refractivity (Wildman–Crippen MR) is 95.9 cm³/mol. The first-order chi connectivity index (χ1) is 12.6. The number of aryl methyl sites for hydroxylation is 1. The third-order valence-corrected chi connectivity index (χ3v) is 3.86. The van der Waals surface area contributed by atoms with E-state index in [9.17, 15) is 4.79 Å². The molecule has 8 nitrogen and oxygen atoms in total. The number of amidine groups is 1. The van der Waals surface area contributed by atoms with Crippen LogP contribution in [-0.2, 0) is 16.0 Å². The minimum Gasteiger partial charge on any atom is -0.469 e. The lowest BCUT2D eigenvalue weighted by Gasteiger charge is -2.04. The second kappa shape index (κ2) is 7.56. The molecule has 0 aliphatic carbocycles. The summed E-state index contributed by atoms with van der Waals surface area (Å²) < 4.78 is 6.38. The summed E-state index contributed by atoms with van der Waals surface area (Å²) in [5.41, 5.74) is 8.50. The smallest absolute Gasteiger partial charge is 0.305 e. The Kier molecular flexibility index (Phi) is 5.02. The van der Waals surface area contributed by atoms with E-state index < -0.39 is 0 Å². The molecule has 0 fully saturated rings. The van der Waals surface area contributed by atoms with E-state index in [4.69, 9.17) is 11.1 Å². The standard InChI is InChI=1S/C18H18N6O2/c1-26-17(25)9-6-14-10-24(11-21-14)16-8-7-15(22-23-16)12-2-4-13(5-3-12)18(19)20/h2-5,7-8,10-11H,6,9H2,1H3,(H3,19,20). The van der Waals surface area contributed by atoms with E-state index in [1.165, 1.54) is 7.11 Å². The summed E-state index contributed by atoms with van der Waals surface area (Å²) >= 11 is 0. The first-order valence-corrected chi connectivity index (χ1v) is 7.95. The molecule has 0 spiro atoms. The third-order valence-electron chi connectivity index (χ3n) is 3.86. The number of imidazole rings is 1. The highest BCUT2D eigenvalue weighted by Gasteiger charge is 2.07. The highest BCUT2D eigenvalue weighted by Crippen LogP contribution is 2.18. The van der Waals surface area contributed by atoms with Crippen molar-refractivity contribution in [3.8, 4) is 17.1 Å². The fraction of sp³-hybridized carbons (Fsp3) is 0.167. The summed E-state index contributed by atoms with van der Waals surface area (Å²) in [6.45, 7) is 0. The maximum absolute atomic E-state index is 11.2. The second-order valence-corrected chi connectivity index (χ2v) is 5.62. The van der Waals surface area contributed by atoms with E-state index in [1.807, 2.05) is 30.5 Å². The Hall–Kier alpha value is -3.55. The van der Waals surface area contributed by atoms with Crippen LogP contribution in [0.2, 0.25) is 0 Å². The molecule has 0 aliphatic heterocycles. The molecule has 0 atom stereocenters. The molecule has 0 radical (unpaired) electrons. The van der Waals surface area contributed by atoms with Crippen LogP contribution >= 0.6 is 0 Å². The van der Waals surface area contributed by atoms with Gasteiger partial charge in [0.2, 0.25) is 0 Å². The van der Waals surface area contributed by atoms with Crippen molar-refractivity contribution in [2.24, 2.45) is 5.73 Å².